The van der Waals surface area contributed by atoms with Crippen molar-refractivity contribution in [1.82, 2.24) is 9.97 Å². The number of nitrogens with zero attached hydrogens (tertiary/aromatic N) is 1. The smallest absolute Gasteiger partial charge is 0.355 e. The molecule has 0 fully saturated rings. The van der Waals surface area contributed by atoms with Crippen LogP contribution in [-0.4, -0.2) is 21.0 Å². The first-order valence-corrected chi connectivity index (χ1v) is 8.89. The van der Waals surface area contributed by atoms with E-state index >= 15 is 0 Å². The molecule has 0 aliphatic carbocycles. The standard InChI is InChI=1S/C19H20N2O3S/c1-11-16(13(3)22)12(2)20-17(11)19(23)24-9-15-10-25-18(21-15)14-7-5-4-6-8-14/h4-8,10,13,20,22H,9H2,1-3H3/t13-/m1/s1. The number of rotatable bonds is 5. The summed E-state index contributed by atoms with van der Waals surface area (Å²) in [6, 6.07) is 9.88. The summed E-state index contributed by atoms with van der Waals surface area (Å²) in [5, 5.41) is 12.6. The second kappa shape index (κ2) is 7.21. The molecule has 0 unspecified atom stereocenters. The van der Waals surface area contributed by atoms with Crippen molar-refractivity contribution in [3.05, 3.63) is 63.9 Å². The molecule has 130 valence electrons. The highest BCUT2D eigenvalue weighted by Crippen LogP contribution is 2.26. The fourth-order valence-electron chi connectivity index (χ4n) is 2.89. The summed E-state index contributed by atoms with van der Waals surface area (Å²) < 4.78 is 5.38. The molecule has 0 radical (unpaired) electrons. The van der Waals surface area contributed by atoms with E-state index in [1.807, 2.05) is 42.6 Å². The summed E-state index contributed by atoms with van der Waals surface area (Å²) in [6.45, 7) is 5.43. The number of carbonyl (C=O) groups is 1. The number of carbonyl (C=O) groups excluding carboxylic acids is 1. The van der Waals surface area contributed by atoms with Gasteiger partial charge in [-0.15, -0.1) is 11.3 Å². The fraction of sp³-hybridized carbons (Fsp3) is 0.263. The molecule has 0 spiro atoms. The normalized spacial score (nSPS) is 12.2. The Labute approximate surface area is 150 Å². The van der Waals surface area contributed by atoms with Gasteiger partial charge in [0.15, 0.2) is 0 Å². The highest BCUT2D eigenvalue weighted by molar-refractivity contribution is 7.13. The van der Waals surface area contributed by atoms with Crippen molar-refractivity contribution < 1.29 is 14.6 Å². The number of aromatic amines is 1. The maximum atomic E-state index is 12.3. The van der Waals surface area contributed by atoms with Gasteiger partial charge in [-0.25, -0.2) is 9.78 Å². The number of ether oxygens (including phenoxy) is 1. The Kier molecular flexibility index (Phi) is 5.01. The Balaban J connectivity index is 1.69. The SMILES string of the molecule is Cc1[nH]c(C(=O)OCc2csc(-c3ccccc3)n2)c(C)c1[C@@H](C)O. The van der Waals surface area contributed by atoms with Gasteiger partial charge in [0.25, 0.3) is 0 Å². The second-order valence-corrected chi connectivity index (χ2v) is 6.78. The summed E-state index contributed by atoms with van der Waals surface area (Å²) in [6.07, 6.45) is -0.634. The molecule has 1 atom stereocenters. The summed E-state index contributed by atoms with van der Waals surface area (Å²) in [5.74, 6) is -0.443. The number of esters is 1. The van der Waals surface area contributed by atoms with Crippen molar-refractivity contribution in [2.75, 3.05) is 0 Å². The molecular formula is C19H20N2O3S. The Morgan fingerprint density at radius 3 is 2.68 bits per heavy atom. The maximum absolute atomic E-state index is 12.3. The number of thiazole rings is 1. The molecule has 0 amide bonds. The Bertz CT molecular complexity index is 881. The van der Waals surface area contributed by atoms with Crippen LogP contribution in [0.4, 0.5) is 0 Å². The van der Waals surface area contributed by atoms with Crippen LogP contribution in [-0.2, 0) is 11.3 Å². The minimum atomic E-state index is -0.634. The number of aryl methyl sites for hydroxylation is 1. The van der Waals surface area contributed by atoms with Gasteiger partial charge in [-0.1, -0.05) is 30.3 Å². The van der Waals surface area contributed by atoms with Crippen LogP contribution in [0.15, 0.2) is 35.7 Å². The van der Waals surface area contributed by atoms with Gasteiger partial charge in [-0.05, 0) is 26.3 Å². The number of nitrogens with one attached hydrogen (secondary N) is 1. The van der Waals surface area contributed by atoms with E-state index in [1.165, 1.54) is 11.3 Å². The fourth-order valence-corrected chi connectivity index (χ4v) is 3.70. The molecule has 3 rings (SSSR count). The Morgan fingerprint density at radius 2 is 2.04 bits per heavy atom. The third-order valence-electron chi connectivity index (χ3n) is 4.04. The first kappa shape index (κ1) is 17.4. The van der Waals surface area contributed by atoms with E-state index in [2.05, 4.69) is 9.97 Å². The molecule has 5 nitrogen and oxygen atoms in total. The third-order valence-corrected chi connectivity index (χ3v) is 4.98. The molecule has 25 heavy (non-hydrogen) atoms. The van der Waals surface area contributed by atoms with Crippen LogP contribution in [0.1, 0.15) is 46.0 Å². The van der Waals surface area contributed by atoms with Gasteiger partial charge in [0.2, 0.25) is 0 Å². The highest BCUT2D eigenvalue weighted by atomic mass is 32.1. The van der Waals surface area contributed by atoms with Crippen LogP contribution in [0.25, 0.3) is 10.6 Å². The van der Waals surface area contributed by atoms with Crippen molar-refractivity contribution >= 4 is 17.3 Å². The topological polar surface area (TPSA) is 75.2 Å². The van der Waals surface area contributed by atoms with Gasteiger partial charge in [-0.3, -0.25) is 0 Å². The molecule has 0 bridgehead atoms. The number of H-pyrrole nitrogens is 1. The van der Waals surface area contributed by atoms with Crippen molar-refractivity contribution in [2.24, 2.45) is 0 Å². The van der Waals surface area contributed by atoms with Crippen molar-refractivity contribution in [3.63, 3.8) is 0 Å². The van der Waals surface area contributed by atoms with Crippen molar-refractivity contribution in [2.45, 2.75) is 33.5 Å². The average molecular weight is 356 g/mol. The summed E-state index contributed by atoms with van der Waals surface area (Å²) in [4.78, 5) is 19.9. The Morgan fingerprint density at radius 1 is 1.32 bits per heavy atom. The van der Waals surface area contributed by atoms with Crippen molar-refractivity contribution in [3.8, 4) is 10.6 Å². The molecular weight excluding hydrogens is 336 g/mol. The highest BCUT2D eigenvalue weighted by Gasteiger charge is 2.21. The molecule has 2 N–H and O–H groups in total. The maximum Gasteiger partial charge on any atom is 0.355 e. The minimum Gasteiger partial charge on any atom is -0.454 e. The van der Waals surface area contributed by atoms with E-state index in [9.17, 15) is 9.90 Å². The van der Waals surface area contributed by atoms with Crippen LogP contribution < -0.4 is 0 Å². The number of hydrogen-bond acceptors (Lipinski definition) is 5. The van der Waals surface area contributed by atoms with Gasteiger partial charge >= 0.3 is 5.97 Å². The number of aliphatic hydroxyl groups is 1. The van der Waals surface area contributed by atoms with Gasteiger partial charge in [0.1, 0.15) is 17.3 Å². The zero-order chi connectivity index (χ0) is 18.0. The lowest BCUT2D eigenvalue weighted by atomic mass is 10.1. The van der Waals surface area contributed by atoms with E-state index in [4.69, 9.17) is 4.74 Å². The monoisotopic (exact) mass is 356 g/mol. The van der Waals surface area contributed by atoms with Crippen LogP contribution in [0.3, 0.4) is 0 Å². The Hall–Kier alpha value is -2.44. The third kappa shape index (κ3) is 3.65. The molecule has 2 aromatic heterocycles. The molecule has 1 aromatic carbocycles. The molecule has 3 aromatic rings. The number of benzene rings is 1. The van der Waals surface area contributed by atoms with E-state index in [1.54, 1.807) is 13.8 Å². The van der Waals surface area contributed by atoms with Gasteiger partial charge < -0.3 is 14.8 Å². The van der Waals surface area contributed by atoms with Crippen molar-refractivity contribution in [1.29, 1.82) is 0 Å². The van der Waals surface area contributed by atoms with E-state index < -0.39 is 12.1 Å². The predicted molar refractivity (Wildman–Crippen MR) is 97.6 cm³/mol. The van der Waals surface area contributed by atoms with E-state index in [-0.39, 0.29) is 6.61 Å². The summed E-state index contributed by atoms with van der Waals surface area (Å²) in [5.41, 5.74) is 4.38. The average Bonchev–Trinajstić information content (AvgIpc) is 3.18. The van der Waals surface area contributed by atoms with Gasteiger partial charge in [-0.2, -0.15) is 0 Å². The van der Waals surface area contributed by atoms with Crippen LogP contribution in [0, 0.1) is 13.8 Å². The molecule has 2 heterocycles. The van der Waals surface area contributed by atoms with Gasteiger partial charge in [0.05, 0.1) is 11.8 Å². The first-order valence-electron chi connectivity index (χ1n) is 8.01. The predicted octanol–water partition coefficient (Wildman–Crippen LogP) is 4.17. The number of aliphatic hydroxyl groups excluding tert-OH is 1. The molecule has 0 aliphatic rings. The molecule has 0 saturated heterocycles. The second-order valence-electron chi connectivity index (χ2n) is 5.93. The number of hydrogen-bond donors (Lipinski definition) is 2. The minimum absolute atomic E-state index is 0.115. The lowest BCUT2D eigenvalue weighted by Crippen LogP contribution is -2.08. The van der Waals surface area contributed by atoms with Crippen LogP contribution >= 0.6 is 11.3 Å². The lowest BCUT2D eigenvalue weighted by molar-refractivity contribution is 0.0461. The first-order chi connectivity index (χ1) is 12.0. The largest absolute Gasteiger partial charge is 0.454 e. The zero-order valence-electron chi connectivity index (χ0n) is 14.4. The van der Waals surface area contributed by atoms with E-state index in [0.29, 0.717) is 11.4 Å². The number of aromatic nitrogens is 2. The molecule has 6 heteroatoms. The summed E-state index contributed by atoms with van der Waals surface area (Å²) >= 11 is 1.52. The summed E-state index contributed by atoms with van der Waals surface area (Å²) in [7, 11) is 0. The quantitative estimate of drug-likeness (QED) is 0.673. The zero-order valence-corrected chi connectivity index (χ0v) is 15.2. The van der Waals surface area contributed by atoms with Gasteiger partial charge in [0, 0.05) is 22.2 Å². The van der Waals surface area contributed by atoms with E-state index in [0.717, 1.165) is 27.4 Å². The lowest BCUT2D eigenvalue weighted by Gasteiger charge is -2.05. The van der Waals surface area contributed by atoms with Crippen LogP contribution in [0.5, 0.6) is 0 Å². The van der Waals surface area contributed by atoms with Crippen LogP contribution in [0.2, 0.25) is 0 Å². The molecule has 0 saturated carbocycles. The molecule has 0 aliphatic heterocycles.